The molecule has 1 heterocycles. The minimum atomic E-state index is -3.89. The molecule has 0 aromatic heterocycles. The van der Waals surface area contributed by atoms with Crippen LogP contribution in [0.2, 0.25) is 0 Å². The zero-order valence-electron chi connectivity index (χ0n) is 24.3. The van der Waals surface area contributed by atoms with Crippen LogP contribution in [0.1, 0.15) is 61.9 Å². The van der Waals surface area contributed by atoms with Gasteiger partial charge < -0.3 is 25.0 Å². The molecular weight excluding hydrogens is 544 g/mol. The zero-order chi connectivity index (χ0) is 29.7. The number of likely N-dealkylation sites (N-methyl/N-ethyl adjacent to an activating group) is 1. The zero-order valence-corrected chi connectivity index (χ0v) is 25.1. The number of rotatable bonds is 8. The number of amides is 3. The largest absolute Gasteiger partial charge is 0.487 e. The van der Waals surface area contributed by atoms with Crippen molar-refractivity contribution in [2.45, 2.75) is 76.0 Å². The molecule has 1 fully saturated rings. The van der Waals surface area contributed by atoms with Crippen molar-refractivity contribution >= 4 is 27.6 Å². The van der Waals surface area contributed by atoms with E-state index < -0.39 is 22.2 Å². The van der Waals surface area contributed by atoms with Gasteiger partial charge in [-0.25, -0.2) is 13.2 Å². The number of carbonyl (C=O) groups is 2. The van der Waals surface area contributed by atoms with E-state index in [1.807, 2.05) is 13.8 Å². The molecule has 1 saturated carbocycles. The number of benzene rings is 2. The lowest BCUT2D eigenvalue weighted by Gasteiger charge is -2.38. The number of urea groups is 1. The Morgan fingerprint density at radius 2 is 1.83 bits per heavy atom. The second-order valence-electron chi connectivity index (χ2n) is 11.4. The van der Waals surface area contributed by atoms with Gasteiger partial charge in [0.2, 0.25) is 0 Å². The molecule has 3 amide bonds. The number of nitrogens with one attached hydrogen (secondary N) is 2. The summed E-state index contributed by atoms with van der Waals surface area (Å²) in [5, 5.41) is 13.0. The summed E-state index contributed by atoms with van der Waals surface area (Å²) in [7, 11) is -2.16. The fourth-order valence-corrected chi connectivity index (χ4v) is 6.37. The lowest BCUT2D eigenvalue weighted by Crippen LogP contribution is -2.52. The van der Waals surface area contributed by atoms with Gasteiger partial charge in [-0.2, -0.15) is 0 Å². The predicted molar refractivity (Wildman–Crippen MR) is 158 cm³/mol. The third-order valence-electron chi connectivity index (χ3n) is 7.98. The summed E-state index contributed by atoms with van der Waals surface area (Å²) >= 11 is 0. The van der Waals surface area contributed by atoms with Crippen LogP contribution in [0.5, 0.6) is 5.75 Å². The van der Waals surface area contributed by atoms with Crippen LogP contribution in [0.25, 0.3) is 0 Å². The summed E-state index contributed by atoms with van der Waals surface area (Å²) in [6, 6.07) is 10.6. The first-order chi connectivity index (χ1) is 19.5. The van der Waals surface area contributed by atoms with Crippen LogP contribution in [0, 0.1) is 12.8 Å². The van der Waals surface area contributed by atoms with Crippen LogP contribution in [0.15, 0.2) is 47.4 Å². The highest BCUT2D eigenvalue weighted by Gasteiger charge is 2.34. The third kappa shape index (κ3) is 7.51. The van der Waals surface area contributed by atoms with E-state index in [0.717, 1.165) is 31.2 Å². The maximum absolute atomic E-state index is 13.7. The highest BCUT2D eigenvalue weighted by atomic mass is 32.2. The monoisotopic (exact) mass is 586 g/mol. The number of carbonyl (C=O) groups excluding carboxylic acids is 2. The molecule has 1 aliphatic carbocycles. The quantitative estimate of drug-likeness (QED) is 0.429. The summed E-state index contributed by atoms with van der Waals surface area (Å²) in [4.78, 5) is 30.0. The van der Waals surface area contributed by atoms with E-state index in [2.05, 4.69) is 10.0 Å². The van der Waals surface area contributed by atoms with E-state index in [4.69, 9.17) is 4.74 Å². The Morgan fingerprint density at radius 1 is 1.15 bits per heavy atom. The number of aryl methyl sites for hydroxylation is 1. The predicted octanol–water partition coefficient (Wildman–Crippen LogP) is 3.99. The fourth-order valence-electron chi connectivity index (χ4n) is 5.32. The number of aliphatic hydroxyl groups excluding tert-OH is 1. The molecule has 1 aliphatic heterocycles. The Bertz CT molecular complexity index is 1330. The van der Waals surface area contributed by atoms with Crippen molar-refractivity contribution in [2.24, 2.45) is 5.92 Å². The molecule has 0 unspecified atom stereocenters. The van der Waals surface area contributed by atoms with Crippen LogP contribution in [-0.4, -0.2) is 80.2 Å². The standard InChI is InChI=1S/C30H42N4O6S/c1-20-10-13-25(14-11-20)41(38,39)32-24-12-15-27-26(16-24)29(36)34(22(3)19-35)17-21(2)28(40-27)18-33(4)30(37)31-23-8-6-5-7-9-23/h10-16,21-23,28,32,35H,5-9,17-19H2,1-4H3,(H,31,37)/t21-,22-,28+/m1/s1. The highest BCUT2D eigenvalue weighted by molar-refractivity contribution is 7.92. The molecule has 0 bridgehead atoms. The highest BCUT2D eigenvalue weighted by Crippen LogP contribution is 2.31. The Morgan fingerprint density at radius 3 is 2.49 bits per heavy atom. The minimum absolute atomic E-state index is 0.108. The van der Waals surface area contributed by atoms with Gasteiger partial charge in [0.05, 0.1) is 29.7 Å². The average molecular weight is 587 g/mol. The van der Waals surface area contributed by atoms with Crippen LogP contribution >= 0.6 is 0 Å². The molecule has 3 N–H and O–H groups in total. The van der Waals surface area contributed by atoms with Gasteiger partial charge in [0.15, 0.2) is 0 Å². The van der Waals surface area contributed by atoms with Crippen LogP contribution < -0.4 is 14.8 Å². The smallest absolute Gasteiger partial charge is 0.317 e. The number of fused-ring (bicyclic) bond motifs is 1. The second kappa shape index (κ2) is 13.1. The fraction of sp³-hybridized carbons (Fsp3) is 0.533. The first-order valence-electron chi connectivity index (χ1n) is 14.3. The van der Waals surface area contributed by atoms with Gasteiger partial charge in [-0.3, -0.25) is 9.52 Å². The Hall–Kier alpha value is -3.31. The van der Waals surface area contributed by atoms with Crippen LogP contribution in [-0.2, 0) is 10.0 Å². The summed E-state index contributed by atoms with van der Waals surface area (Å²) in [6.07, 6.45) is 4.94. The maximum Gasteiger partial charge on any atom is 0.317 e. The second-order valence-corrected chi connectivity index (χ2v) is 13.1. The van der Waals surface area contributed by atoms with Crippen molar-refractivity contribution in [3.05, 3.63) is 53.6 Å². The van der Waals surface area contributed by atoms with Gasteiger partial charge in [0, 0.05) is 31.2 Å². The van der Waals surface area contributed by atoms with Gasteiger partial charge in [-0.05, 0) is 57.0 Å². The molecule has 2 aromatic rings. The van der Waals surface area contributed by atoms with E-state index in [1.54, 1.807) is 48.0 Å². The summed E-state index contributed by atoms with van der Waals surface area (Å²) in [6.45, 7) is 5.94. The molecule has 3 atom stereocenters. The van der Waals surface area contributed by atoms with Crippen LogP contribution in [0.3, 0.4) is 0 Å². The van der Waals surface area contributed by atoms with Crippen molar-refractivity contribution in [2.75, 3.05) is 31.5 Å². The molecule has 4 rings (SSSR count). The summed E-state index contributed by atoms with van der Waals surface area (Å²) in [5.74, 6) is -0.238. The number of aliphatic hydroxyl groups is 1. The lowest BCUT2D eigenvalue weighted by molar-refractivity contribution is 0.0366. The van der Waals surface area contributed by atoms with Gasteiger partial charge >= 0.3 is 6.03 Å². The van der Waals surface area contributed by atoms with Crippen molar-refractivity contribution in [1.29, 1.82) is 0 Å². The van der Waals surface area contributed by atoms with Crippen molar-refractivity contribution in [3.63, 3.8) is 0 Å². The molecule has 0 spiro atoms. The molecule has 2 aromatic carbocycles. The Kier molecular flexibility index (Phi) is 9.80. The van der Waals surface area contributed by atoms with Crippen molar-refractivity contribution in [1.82, 2.24) is 15.1 Å². The van der Waals surface area contributed by atoms with E-state index in [0.29, 0.717) is 12.3 Å². The normalized spacial score (nSPS) is 20.7. The van der Waals surface area contributed by atoms with E-state index in [1.165, 1.54) is 24.6 Å². The molecule has 10 nitrogen and oxygen atoms in total. The number of anilines is 1. The number of hydrogen-bond donors (Lipinski definition) is 3. The number of sulfonamides is 1. The van der Waals surface area contributed by atoms with Gasteiger partial charge in [-0.15, -0.1) is 0 Å². The van der Waals surface area contributed by atoms with Crippen LogP contribution in [0.4, 0.5) is 10.5 Å². The summed E-state index contributed by atoms with van der Waals surface area (Å²) in [5.41, 5.74) is 1.33. The maximum atomic E-state index is 13.7. The Labute approximate surface area is 243 Å². The van der Waals surface area contributed by atoms with Gasteiger partial charge in [0.1, 0.15) is 11.9 Å². The van der Waals surface area contributed by atoms with Crippen molar-refractivity contribution < 1.29 is 27.9 Å². The minimum Gasteiger partial charge on any atom is -0.487 e. The van der Waals surface area contributed by atoms with Gasteiger partial charge in [0.25, 0.3) is 15.9 Å². The van der Waals surface area contributed by atoms with Crippen molar-refractivity contribution in [3.8, 4) is 5.75 Å². The molecule has 0 radical (unpaired) electrons. The number of nitrogens with zero attached hydrogens (tertiary/aromatic N) is 2. The molecule has 41 heavy (non-hydrogen) atoms. The van der Waals surface area contributed by atoms with Gasteiger partial charge in [-0.1, -0.05) is 43.9 Å². The molecule has 224 valence electrons. The molecular formula is C30H42N4O6S. The molecule has 2 aliphatic rings. The number of hydrogen-bond acceptors (Lipinski definition) is 6. The first-order valence-corrected chi connectivity index (χ1v) is 15.8. The lowest BCUT2D eigenvalue weighted by atomic mass is 9.96. The molecule has 11 heteroatoms. The third-order valence-corrected chi connectivity index (χ3v) is 9.38. The average Bonchev–Trinajstić information content (AvgIpc) is 2.95. The number of ether oxygens (including phenoxy) is 1. The van der Waals surface area contributed by atoms with E-state index in [-0.39, 0.29) is 53.2 Å². The topological polar surface area (TPSA) is 128 Å². The Balaban J connectivity index is 1.59. The van der Waals surface area contributed by atoms with E-state index >= 15 is 0 Å². The SMILES string of the molecule is Cc1ccc(S(=O)(=O)Nc2ccc3c(c2)C(=O)N([C@H](C)CO)C[C@@H](C)[C@H](CN(C)C(=O)NC2CCCCC2)O3)cc1. The summed E-state index contributed by atoms with van der Waals surface area (Å²) < 4.78 is 35.0. The van der Waals surface area contributed by atoms with E-state index in [9.17, 15) is 23.1 Å². The first kappa shape index (κ1) is 30.6. The molecule has 0 saturated heterocycles.